The Hall–Kier alpha value is -1.93. The molecule has 1 N–H and O–H groups in total. The Balaban J connectivity index is 1.75. The molecule has 1 aromatic heterocycles. The van der Waals surface area contributed by atoms with Crippen molar-refractivity contribution in [3.8, 4) is 0 Å². The van der Waals surface area contributed by atoms with Gasteiger partial charge >= 0.3 is 5.97 Å². The highest BCUT2D eigenvalue weighted by Gasteiger charge is 2.45. The number of carboxylic acid groups (broad SMARTS) is 1. The SMILES string of the molecule is CN1C(=O)C[C@H](C(=O)N2CCO[C@H](CC(=O)O)C2)[C@H]1c1cccs1. The van der Waals surface area contributed by atoms with Gasteiger partial charge in [0.25, 0.3) is 0 Å². The lowest BCUT2D eigenvalue weighted by Crippen LogP contribution is -2.49. The minimum absolute atomic E-state index is 0.0397. The smallest absolute Gasteiger partial charge is 0.306 e. The van der Waals surface area contributed by atoms with Crippen molar-refractivity contribution in [2.24, 2.45) is 5.92 Å². The third-order valence-electron chi connectivity index (χ3n) is 4.59. The number of carboxylic acids is 1. The van der Waals surface area contributed by atoms with Crippen LogP contribution >= 0.6 is 11.3 Å². The summed E-state index contributed by atoms with van der Waals surface area (Å²) in [6.07, 6.45) is -0.421. The van der Waals surface area contributed by atoms with Gasteiger partial charge in [-0.1, -0.05) is 6.07 Å². The third kappa shape index (κ3) is 3.29. The molecule has 8 heteroatoms. The molecule has 2 fully saturated rings. The number of nitrogens with zero attached hydrogens (tertiary/aromatic N) is 2. The number of carbonyl (C=O) groups excluding carboxylic acids is 2. The fourth-order valence-corrected chi connectivity index (χ4v) is 4.35. The average molecular weight is 352 g/mol. The van der Waals surface area contributed by atoms with Crippen LogP contribution in [0, 0.1) is 5.92 Å². The van der Waals surface area contributed by atoms with Crippen LogP contribution in [-0.2, 0) is 19.1 Å². The minimum atomic E-state index is -0.943. The second kappa shape index (κ2) is 6.90. The summed E-state index contributed by atoms with van der Waals surface area (Å²) in [5, 5.41) is 10.8. The first-order valence-electron chi connectivity index (χ1n) is 7.88. The molecule has 0 aromatic carbocycles. The molecule has 0 aliphatic carbocycles. The van der Waals surface area contributed by atoms with E-state index in [1.54, 1.807) is 16.8 Å². The van der Waals surface area contributed by atoms with Gasteiger partial charge in [-0.05, 0) is 11.4 Å². The Morgan fingerprint density at radius 2 is 2.25 bits per heavy atom. The number of ether oxygens (including phenoxy) is 1. The number of rotatable bonds is 4. The summed E-state index contributed by atoms with van der Waals surface area (Å²) in [5.41, 5.74) is 0. The number of amides is 2. The predicted molar refractivity (Wildman–Crippen MR) is 86.5 cm³/mol. The van der Waals surface area contributed by atoms with Gasteiger partial charge in [-0.25, -0.2) is 0 Å². The maximum Gasteiger partial charge on any atom is 0.306 e. The van der Waals surface area contributed by atoms with Gasteiger partial charge in [0.15, 0.2) is 0 Å². The number of hydrogen-bond acceptors (Lipinski definition) is 5. The lowest BCUT2D eigenvalue weighted by molar-refractivity contribution is -0.150. The van der Waals surface area contributed by atoms with Crippen molar-refractivity contribution in [2.75, 3.05) is 26.7 Å². The topological polar surface area (TPSA) is 87.2 Å². The molecule has 3 heterocycles. The van der Waals surface area contributed by atoms with Crippen molar-refractivity contribution < 1.29 is 24.2 Å². The van der Waals surface area contributed by atoms with Crippen LogP contribution in [0.5, 0.6) is 0 Å². The Morgan fingerprint density at radius 1 is 1.46 bits per heavy atom. The van der Waals surface area contributed by atoms with Gasteiger partial charge in [0.1, 0.15) is 0 Å². The second-order valence-corrected chi connectivity index (χ2v) is 7.13. The summed E-state index contributed by atoms with van der Waals surface area (Å²) in [4.78, 5) is 40.3. The van der Waals surface area contributed by atoms with Crippen molar-refractivity contribution in [3.05, 3.63) is 22.4 Å². The van der Waals surface area contributed by atoms with Crippen molar-refractivity contribution in [2.45, 2.75) is 25.0 Å². The molecule has 1 aromatic rings. The first-order chi connectivity index (χ1) is 11.5. The predicted octanol–water partition coefficient (Wildman–Crippen LogP) is 0.970. The Bertz CT molecular complexity index is 632. The minimum Gasteiger partial charge on any atom is -0.481 e. The van der Waals surface area contributed by atoms with E-state index in [2.05, 4.69) is 0 Å². The molecule has 0 radical (unpaired) electrons. The van der Waals surface area contributed by atoms with E-state index in [1.807, 2.05) is 17.5 Å². The number of likely N-dealkylation sites (tertiary alicyclic amines) is 1. The molecule has 2 saturated heterocycles. The molecule has 130 valence electrons. The van der Waals surface area contributed by atoms with Crippen LogP contribution in [0.1, 0.15) is 23.8 Å². The van der Waals surface area contributed by atoms with Gasteiger partial charge < -0.3 is 19.6 Å². The fraction of sp³-hybridized carbons (Fsp3) is 0.562. The highest BCUT2D eigenvalue weighted by molar-refractivity contribution is 7.10. The normalized spacial score (nSPS) is 27.5. The van der Waals surface area contributed by atoms with Crippen LogP contribution in [0.25, 0.3) is 0 Å². The molecular weight excluding hydrogens is 332 g/mol. The molecule has 0 saturated carbocycles. The summed E-state index contributed by atoms with van der Waals surface area (Å²) < 4.78 is 5.42. The van der Waals surface area contributed by atoms with Crippen molar-refractivity contribution >= 4 is 29.1 Å². The number of thiophene rings is 1. The summed E-state index contributed by atoms with van der Waals surface area (Å²) >= 11 is 1.54. The maximum absolute atomic E-state index is 13.0. The highest BCUT2D eigenvalue weighted by atomic mass is 32.1. The molecule has 7 nitrogen and oxygen atoms in total. The van der Waals surface area contributed by atoms with Crippen molar-refractivity contribution in [1.82, 2.24) is 9.80 Å². The highest BCUT2D eigenvalue weighted by Crippen LogP contribution is 2.40. The standard InChI is InChI=1S/C16H20N2O5S/c1-17-13(19)8-11(15(17)12-3-2-6-24-12)16(22)18-4-5-23-10(9-18)7-14(20)21/h2-3,6,10-11,15H,4-5,7-9H2,1H3,(H,20,21)/t10-,11+,15+/m1/s1. The molecule has 3 rings (SSSR count). The largest absolute Gasteiger partial charge is 0.481 e. The summed E-state index contributed by atoms with van der Waals surface area (Å²) in [6.45, 7) is 1.01. The van der Waals surface area contributed by atoms with Gasteiger partial charge in [0, 0.05) is 31.4 Å². The zero-order chi connectivity index (χ0) is 17.3. The van der Waals surface area contributed by atoms with E-state index in [-0.39, 0.29) is 37.2 Å². The molecule has 24 heavy (non-hydrogen) atoms. The third-order valence-corrected chi connectivity index (χ3v) is 5.53. The quantitative estimate of drug-likeness (QED) is 0.872. The Kier molecular flexibility index (Phi) is 4.86. The van der Waals surface area contributed by atoms with Crippen LogP contribution in [-0.4, -0.2) is 65.5 Å². The fourth-order valence-electron chi connectivity index (χ4n) is 3.41. The number of carbonyl (C=O) groups is 3. The average Bonchev–Trinajstić information content (AvgIpc) is 3.15. The molecule has 0 spiro atoms. The number of morpholine rings is 1. The van der Waals surface area contributed by atoms with Gasteiger partial charge in [0.2, 0.25) is 11.8 Å². The summed E-state index contributed by atoms with van der Waals surface area (Å²) in [6, 6.07) is 3.61. The van der Waals surface area contributed by atoms with E-state index in [0.29, 0.717) is 13.2 Å². The van der Waals surface area contributed by atoms with Crippen molar-refractivity contribution in [3.63, 3.8) is 0 Å². The lowest BCUT2D eigenvalue weighted by Gasteiger charge is -2.35. The van der Waals surface area contributed by atoms with E-state index >= 15 is 0 Å². The maximum atomic E-state index is 13.0. The van der Waals surface area contributed by atoms with Gasteiger partial charge in [-0.15, -0.1) is 11.3 Å². The molecule has 2 aliphatic heterocycles. The van der Waals surface area contributed by atoms with E-state index < -0.39 is 18.0 Å². The summed E-state index contributed by atoms with van der Waals surface area (Å²) in [7, 11) is 1.73. The zero-order valence-corrected chi connectivity index (χ0v) is 14.2. The van der Waals surface area contributed by atoms with Crippen LogP contribution in [0.15, 0.2) is 17.5 Å². The van der Waals surface area contributed by atoms with Crippen LogP contribution < -0.4 is 0 Å². The lowest BCUT2D eigenvalue weighted by atomic mass is 9.96. The monoisotopic (exact) mass is 352 g/mol. The molecule has 0 unspecified atom stereocenters. The van der Waals surface area contributed by atoms with Crippen LogP contribution in [0.2, 0.25) is 0 Å². The first-order valence-corrected chi connectivity index (χ1v) is 8.76. The first kappa shape index (κ1) is 16.9. The number of hydrogen-bond donors (Lipinski definition) is 1. The summed E-state index contributed by atoms with van der Waals surface area (Å²) in [5.74, 6) is -1.50. The van der Waals surface area contributed by atoms with E-state index in [1.165, 1.54) is 11.3 Å². The molecule has 0 bridgehead atoms. The van der Waals surface area contributed by atoms with Crippen molar-refractivity contribution in [1.29, 1.82) is 0 Å². The molecule has 3 atom stereocenters. The van der Waals surface area contributed by atoms with E-state index in [4.69, 9.17) is 9.84 Å². The van der Waals surface area contributed by atoms with E-state index in [9.17, 15) is 14.4 Å². The second-order valence-electron chi connectivity index (χ2n) is 6.15. The van der Waals surface area contributed by atoms with Gasteiger partial charge in [-0.2, -0.15) is 0 Å². The Labute approximate surface area is 143 Å². The molecule has 2 amide bonds. The van der Waals surface area contributed by atoms with Gasteiger partial charge in [0.05, 0.1) is 31.1 Å². The van der Waals surface area contributed by atoms with Crippen LogP contribution in [0.4, 0.5) is 0 Å². The number of aliphatic carboxylic acids is 1. The molecule has 2 aliphatic rings. The van der Waals surface area contributed by atoms with E-state index in [0.717, 1.165) is 4.88 Å². The zero-order valence-electron chi connectivity index (χ0n) is 13.4. The van der Waals surface area contributed by atoms with Crippen LogP contribution in [0.3, 0.4) is 0 Å². The molecular formula is C16H20N2O5S. The van der Waals surface area contributed by atoms with Gasteiger partial charge in [-0.3, -0.25) is 14.4 Å². The Morgan fingerprint density at radius 3 is 2.92 bits per heavy atom.